The van der Waals surface area contributed by atoms with Crippen LogP contribution in [0, 0.1) is 11.8 Å². The molecule has 302 valence electrons. The number of rotatable bonds is 12. The lowest BCUT2D eigenvalue weighted by atomic mass is 9.69. The van der Waals surface area contributed by atoms with Crippen molar-refractivity contribution in [1.29, 1.82) is 0 Å². The number of hydrogen-bond acceptors (Lipinski definition) is 11. The van der Waals surface area contributed by atoms with Gasteiger partial charge in [0.15, 0.2) is 17.3 Å². The number of ketones is 2. The molecule has 1 aromatic heterocycles. The van der Waals surface area contributed by atoms with Crippen LogP contribution in [0.5, 0.6) is 17.2 Å². The number of methoxy groups -OCH3 is 2. The minimum Gasteiger partial charge on any atom is -0.507 e. The van der Waals surface area contributed by atoms with Crippen LogP contribution in [0.25, 0.3) is 0 Å². The monoisotopic (exact) mass is 835 g/mol. The number of fused-ring (bicyclic) bond motifs is 5. The summed E-state index contributed by atoms with van der Waals surface area (Å²) < 4.78 is 19.1. The molecule has 2 aromatic carbocycles. The van der Waals surface area contributed by atoms with E-state index in [9.17, 15) is 29.1 Å². The summed E-state index contributed by atoms with van der Waals surface area (Å²) >= 11 is 9.75. The summed E-state index contributed by atoms with van der Waals surface area (Å²) in [5, 5.41) is 15.3. The van der Waals surface area contributed by atoms with Gasteiger partial charge in [0.1, 0.15) is 28.1 Å². The highest BCUT2D eigenvalue weighted by Crippen LogP contribution is 2.56. The summed E-state index contributed by atoms with van der Waals surface area (Å²) in [6, 6.07) is 13.2. The molecule has 4 unspecified atom stereocenters. The van der Waals surface area contributed by atoms with Crippen LogP contribution in [-0.4, -0.2) is 95.2 Å². The molecule has 3 aliphatic heterocycles. The van der Waals surface area contributed by atoms with Gasteiger partial charge in [-0.1, -0.05) is 36.7 Å². The van der Waals surface area contributed by atoms with Crippen LogP contribution in [0.15, 0.2) is 69.6 Å². The number of aliphatic hydroxyl groups is 1. The Morgan fingerprint density at radius 2 is 1.79 bits per heavy atom. The number of carbonyl (C=O) groups excluding carboxylic acids is 4. The van der Waals surface area contributed by atoms with Gasteiger partial charge in [-0.15, -0.1) is 11.8 Å². The molecule has 0 saturated carbocycles. The van der Waals surface area contributed by atoms with Crippen molar-refractivity contribution in [3.63, 3.8) is 0 Å². The Labute approximate surface area is 344 Å². The van der Waals surface area contributed by atoms with Crippen molar-refractivity contribution in [1.82, 2.24) is 14.8 Å². The first-order valence-electron chi connectivity index (χ1n) is 18.9. The lowest BCUT2D eigenvalue weighted by Crippen LogP contribution is -2.55. The molecular weight excluding hydrogens is 790 g/mol. The molecule has 2 bridgehead atoms. The lowest BCUT2D eigenvalue weighted by molar-refractivity contribution is -0.139. The second-order valence-electron chi connectivity index (χ2n) is 15.1. The van der Waals surface area contributed by atoms with Crippen molar-refractivity contribution in [2.45, 2.75) is 67.5 Å². The number of benzene rings is 2. The Kier molecular flexibility index (Phi) is 11.8. The molecule has 15 heteroatoms. The third-order valence-corrected chi connectivity index (χ3v) is 13.5. The summed E-state index contributed by atoms with van der Waals surface area (Å²) in [7, 11) is 2.80. The predicted molar refractivity (Wildman–Crippen MR) is 219 cm³/mol. The number of aromatic nitrogens is 1. The fourth-order valence-corrected chi connectivity index (χ4v) is 10.1. The maximum absolute atomic E-state index is 14.5. The molecule has 12 nitrogen and oxygen atoms in total. The molecule has 0 radical (unpaired) electrons. The number of pyridine rings is 1. The fraction of sp³-hybridized carbons (Fsp3) is 0.452. The van der Waals surface area contributed by atoms with E-state index in [1.807, 2.05) is 40.2 Å². The number of halogens is 1. The van der Waals surface area contributed by atoms with Crippen molar-refractivity contribution < 1.29 is 38.5 Å². The van der Waals surface area contributed by atoms with Gasteiger partial charge in [-0.2, -0.15) is 11.8 Å². The quantitative estimate of drug-likeness (QED) is 0.206. The van der Waals surface area contributed by atoms with E-state index < -0.39 is 46.7 Å². The highest BCUT2D eigenvalue weighted by molar-refractivity contribution is 7.98. The van der Waals surface area contributed by atoms with Gasteiger partial charge in [0.2, 0.25) is 23.2 Å². The third kappa shape index (κ3) is 7.22. The van der Waals surface area contributed by atoms with E-state index in [0.717, 1.165) is 17.0 Å². The van der Waals surface area contributed by atoms with Crippen LogP contribution in [0.4, 0.5) is 0 Å². The van der Waals surface area contributed by atoms with Crippen LogP contribution >= 0.6 is 35.1 Å². The van der Waals surface area contributed by atoms with Crippen molar-refractivity contribution in [3.05, 3.63) is 92.1 Å². The number of nitrogens with one attached hydrogen (secondary N) is 1. The minimum atomic E-state index is -2.03. The Bertz CT molecular complexity index is 2210. The summed E-state index contributed by atoms with van der Waals surface area (Å²) in [5.41, 5.74) is -0.696. The molecule has 4 aliphatic rings. The number of likely N-dealkylation sites (tertiary alicyclic amines) is 1. The molecule has 1 aliphatic carbocycles. The van der Waals surface area contributed by atoms with E-state index in [1.54, 1.807) is 43.0 Å². The van der Waals surface area contributed by atoms with Crippen LogP contribution in [0.3, 0.4) is 0 Å². The SMILES string of the molecule is COc1cc(OC)c2c(c1Cl)OC1(C2=O)C(O)=C(C(CC(=O)NC(CCSC)C(=O)N2C[C@H]3C[C@@H](C2)c2cccc(=O)n2C3)c2ccc(SC)cc2)C(=O)CC1C. The van der Waals surface area contributed by atoms with Crippen molar-refractivity contribution in [3.8, 4) is 17.2 Å². The maximum Gasteiger partial charge on any atom is 0.250 e. The number of carbonyl (C=O) groups is 4. The number of amides is 2. The first kappa shape index (κ1) is 40.8. The molecule has 57 heavy (non-hydrogen) atoms. The van der Waals surface area contributed by atoms with E-state index in [2.05, 4.69) is 5.32 Å². The number of allylic oxidation sites excluding steroid dienone is 1. The smallest absolute Gasteiger partial charge is 0.250 e. The molecular formula is C42H46ClN3O9S2. The second kappa shape index (κ2) is 16.5. The zero-order valence-corrected chi connectivity index (χ0v) is 34.9. The summed E-state index contributed by atoms with van der Waals surface area (Å²) in [5.74, 6) is -3.17. The summed E-state index contributed by atoms with van der Waals surface area (Å²) in [4.78, 5) is 72.6. The zero-order chi connectivity index (χ0) is 40.8. The Hall–Kier alpha value is -4.40. The van der Waals surface area contributed by atoms with Gasteiger partial charge < -0.3 is 34.1 Å². The largest absolute Gasteiger partial charge is 0.507 e. The van der Waals surface area contributed by atoms with Crippen molar-refractivity contribution >= 4 is 58.5 Å². The molecule has 1 saturated heterocycles. The minimum absolute atomic E-state index is 0.00502. The number of Topliss-reactive ketones (excluding diaryl/α,β-unsaturated/α-hetero) is 2. The van der Waals surface area contributed by atoms with Gasteiger partial charge in [0.05, 0.1) is 14.2 Å². The second-order valence-corrected chi connectivity index (χ2v) is 17.4. The predicted octanol–water partition coefficient (Wildman–Crippen LogP) is 6.03. The van der Waals surface area contributed by atoms with E-state index in [1.165, 1.54) is 32.0 Å². The molecule has 2 amide bonds. The van der Waals surface area contributed by atoms with Gasteiger partial charge >= 0.3 is 0 Å². The molecule has 2 N–H and O–H groups in total. The first-order chi connectivity index (χ1) is 27.4. The number of piperidine rings is 1. The van der Waals surface area contributed by atoms with Gasteiger partial charge in [-0.25, -0.2) is 0 Å². The fourth-order valence-electron chi connectivity index (χ4n) is 8.99. The van der Waals surface area contributed by atoms with Gasteiger partial charge in [0, 0.05) is 78.5 Å². The lowest BCUT2D eigenvalue weighted by Gasteiger charge is -2.43. The van der Waals surface area contributed by atoms with E-state index in [-0.39, 0.29) is 69.6 Å². The molecule has 7 rings (SSSR count). The topological polar surface area (TPSA) is 153 Å². The molecule has 4 heterocycles. The van der Waals surface area contributed by atoms with Gasteiger partial charge in [-0.05, 0) is 60.8 Å². The third-order valence-electron chi connectivity index (χ3n) is 11.8. The standard InChI is InChI=1S/C42H46ClN3O9S2/c1-22-15-30(47)35(39(50)42(22)40(51)36-31(53-2)18-32(54-3)37(43)38(36)55-42)27(24-9-11-26(57-5)12-10-24)17-33(48)44-28(13-14-56-4)41(52)45-19-23-16-25(21-45)29-7-6-8-34(49)46(29)20-23/h6-12,18,22-23,25,27-28,50H,13-17,19-21H2,1-5H3,(H,44,48)/t22?,23-,25+,27?,28?,42?/m1/s1. The number of thioether (sulfide) groups is 2. The first-order valence-corrected chi connectivity index (χ1v) is 21.9. The number of hydrogen-bond donors (Lipinski definition) is 2. The average molecular weight is 836 g/mol. The van der Waals surface area contributed by atoms with Crippen molar-refractivity contribution in [2.75, 3.05) is 45.6 Å². The van der Waals surface area contributed by atoms with Crippen LogP contribution in [0.2, 0.25) is 5.02 Å². The Balaban J connectivity index is 1.22. The van der Waals surface area contributed by atoms with Crippen LogP contribution < -0.4 is 25.1 Å². The number of ether oxygens (including phenoxy) is 3. The normalized spacial score (nSPS) is 23.4. The maximum atomic E-state index is 14.5. The summed E-state index contributed by atoms with van der Waals surface area (Å²) in [6.07, 6.45) is 4.64. The van der Waals surface area contributed by atoms with Crippen LogP contribution in [-0.2, 0) is 20.9 Å². The van der Waals surface area contributed by atoms with Crippen molar-refractivity contribution in [2.24, 2.45) is 11.8 Å². The number of nitrogens with zero attached hydrogens (tertiary/aromatic N) is 2. The van der Waals surface area contributed by atoms with E-state index in [0.29, 0.717) is 37.4 Å². The molecule has 1 fully saturated rings. The number of aliphatic hydroxyl groups excluding tert-OH is 1. The zero-order valence-electron chi connectivity index (χ0n) is 32.5. The van der Waals surface area contributed by atoms with E-state index in [4.69, 9.17) is 25.8 Å². The molecule has 6 atom stereocenters. The summed E-state index contributed by atoms with van der Waals surface area (Å²) in [6.45, 7) is 3.08. The highest BCUT2D eigenvalue weighted by atomic mass is 35.5. The Morgan fingerprint density at radius 1 is 1.05 bits per heavy atom. The van der Waals surface area contributed by atoms with E-state index >= 15 is 0 Å². The van der Waals surface area contributed by atoms with Gasteiger partial charge in [-0.3, -0.25) is 24.0 Å². The molecule has 1 spiro atoms. The Morgan fingerprint density at radius 3 is 2.47 bits per heavy atom. The molecule has 3 aromatic rings. The highest BCUT2D eigenvalue weighted by Gasteiger charge is 2.61. The van der Waals surface area contributed by atoms with Gasteiger partial charge in [0.25, 0.3) is 5.56 Å². The van der Waals surface area contributed by atoms with Crippen LogP contribution in [0.1, 0.15) is 66.1 Å². The average Bonchev–Trinajstić information content (AvgIpc) is 3.52.